The van der Waals surface area contributed by atoms with E-state index in [0.29, 0.717) is 5.92 Å². The van der Waals surface area contributed by atoms with E-state index in [0.717, 1.165) is 37.8 Å². The second kappa shape index (κ2) is 10.6. The molecule has 2 N–H and O–H groups in total. The van der Waals surface area contributed by atoms with Crippen LogP contribution in [0.1, 0.15) is 30.5 Å². The fourth-order valence-corrected chi connectivity index (χ4v) is 2.96. The SMILES string of the molecule is CCc1nncn1CCNC(=NC)NCC(C)c1cccs1.I. The van der Waals surface area contributed by atoms with Gasteiger partial charge in [-0.2, -0.15) is 0 Å². The number of rotatable bonds is 7. The lowest BCUT2D eigenvalue weighted by Gasteiger charge is -2.15. The first-order valence-corrected chi connectivity index (χ1v) is 8.47. The Balaban J connectivity index is 0.00000264. The highest BCUT2D eigenvalue weighted by Crippen LogP contribution is 2.19. The van der Waals surface area contributed by atoms with Crippen LogP contribution in [0.5, 0.6) is 0 Å². The van der Waals surface area contributed by atoms with Gasteiger partial charge >= 0.3 is 0 Å². The van der Waals surface area contributed by atoms with Gasteiger partial charge in [0.2, 0.25) is 0 Å². The number of hydrogen-bond donors (Lipinski definition) is 2. The van der Waals surface area contributed by atoms with Crippen molar-refractivity contribution >= 4 is 41.3 Å². The molecule has 0 aliphatic heterocycles. The molecule has 0 saturated carbocycles. The fourth-order valence-electron chi connectivity index (χ4n) is 2.18. The molecule has 6 nitrogen and oxygen atoms in total. The average Bonchev–Trinajstić information content (AvgIpc) is 3.21. The number of aryl methyl sites for hydroxylation is 1. The van der Waals surface area contributed by atoms with Crippen molar-refractivity contribution in [1.82, 2.24) is 25.4 Å². The molecule has 0 radical (unpaired) electrons. The van der Waals surface area contributed by atoms with Crippen LogP contribution in [0, 0.1) is 0 Å². The standard InChI is InChI=1S/C15H24N6S.HI/c1-4-14-20-19-11-21(14)8-7-17-15(16-3)18-10-12(2)13-6-5-9-22-13;/h5-6,9,11-12H,4,7-8,10H2,1-3H3,(H2,16,17,18);1H. The van der Waals surface area contributed by atoms with Gasteiger partial charge < -0.3 is 15.2 Å². The van der Waals surface area contributed by atoms with Crippen molar-refractivity contribution in [2.24, 2.45) is 4.99 Å². The molecule has 0 aliphatic rings. The molecule has 0 fully saturated rings. The maximum Gasteiger partial charge on any atom is 0.191 e. The number of thiophene rings is 1. The number of guanidine groups is 1. The molecule has 128 valence electrons. The molecule has 0 aromatic carbocycles. The van der Waals surface area contributed by atoms with Crippen LogP contribution in [-0.2, 0) is 13.0 Å². The summed E-state index contributed by atoms with van der Waals surface area (Å²) in [7, 11) is 1.79. The highest BCUT2D eigenvalue weighted by atomic mass is 127. The van der Waals surface area contributed by atoms with Crippen molar-refractivity contribution in [3.8, 4) is 0 Å². The van der Waals surface area contributed by atoms with E-state index >= 15 is 0 Å². The normalized spacial score (nSPS) is 12.6. The van der Waals surface area contributed by atoms with Gasteiger partial charge in [-0.05, 0) is 11.4 Å². The first kappa shape index (κ1) is 19.9. The lowest BCUT2D eigenvalue weighted by atomic mass is 10.1. The van der Waals surface area contributed by atoms with Crippen LogP contribution < -0.4 is 10.6 Å². The minimum Gasteiger partial charge on any atom is -0.356 e. The third-order valence-electron chi connectivity index (χ3n) is 3.49. The molecule has 2 heterocycles. The molecular weight excluding hydrogens is 423 g/mol. The van der Waals surface area contributed by atoms with Gasteiger partial charge in [-0.1, -0.05) is 19.9 Å². The van der Waals surface area contributed by atoms with Crippen LogP contribution in [0.15, 0.2) is 28.8 Å². The summed E-state index contributed by atoms with van der Waals surface area (Å²) in [6.07, 6.45) is 2.67. The monoisotopic (exact) mass is 448 g/mol. The minimum atomic E-state index is 0. The number of nitrogens with zero attached hydrogens (tertiary/aromatic N) is 4. The summed E-state index contributed by atoms with van der Waals surface area (Å²) in [6.45, 7) is 6.79. The zero-order valence-electron chi connectivity index (χ0n) is 13.8. The fraction of sp³-hybridized carbons (Fsp3) is 0.533. The molecule has 0 aliphatic carbocycles. The van der Waals surface area contributed by atoms with Gasteiger partial charge in [-0.3, -0.25) is 4.99 Å². The molecule has 2 aromatic heterocycles. The first-order chi connectivity index (χ1) is 10.7. The topological polar surface area (TPSA) is 67.1 Å². The number of nitrogens with one attached hydrogen (secondary N) is 2. The van der Waals surface area contributed by atoms with Crippen molar-refractivity contribution in [2.45, 2.75) is 32.7 Å². The molecule has 2 aromatic rings. The van der Waals surface area contributed by atoms with Crippen LogP contribution in [0.25, 0.3) is 0 Å². The predicted octanol–water partition coefficient (Wildman–Crippen LogP) is 2.49. The van der Waals surface area contributed by atoms with E-state index in [1.165, 1.54) is 4.88 Å². The summed E-state index contributed by atoms with van der Waals surface area (Å²) in [4.78, 5) is 5.65. The highest BCUT2D eigenvalue weighted by Gasteiger charge is 2.07. The molecule has 0 bridgehead atoms. The maximum atomic E-state index is 4.26. The molecule has 8 heteroatoms. The molecule has 1 unspecified atom stereocenters. The number of halogens is 1. The first-order valence-electron chi connectivity index (χ1n) is 7.59. The summed E-state index contributed by atoms with van der Waals surface area (Å²) in [5.41, 5.74) is 0. The Hall–Kier alpha value is -1.16. The van der Waals surface area contributed by atoms with Crippen molar-refractivity contribution < 1.29 is 0 Å². The lowest BCUT2D eigenvalue weighted by molar-refractivity contribution is 0.627. The Labute approximate surface area is 158 Å². The second-order valence-electron chi connectivity index (χ2n) is 5.09. The smallest absolute Gasteiger partial charge is 0.191 e. The summed E-state index contributed by atoms with van der Waals surface area (Å²) >= 11 is 1.79. The Morgan fingerprint density at radius 1 is 1.43 bits per heavy atom. The molecule has 1 atom stereocenters. The quantitative estimate of drug-likeness (QED) is 0.388. The molecule has 23 heavy (non-hydrogen) atoms. The van der Waals surface area contributed by atoms with Crippen LogP contribution in [0.4, 0.5) is 0 Å². The second-order valence-corrected chi connectivity index (χ2v) is 6.07. The van der Waals surface area contributed by atoms with Gasteiger partial charge in [-0.25, -0.2) is 0 Å². The van der Waals surface area contributed by atoms with Gasteiger partial charge in [0, 0.05) is 43.9 Å². The van der Waals surface area contributed by atoms with Crippen molar-refractivity contribution in [3.63, 3.8) is 0 Å². The van der Waals surface area contributed by atoms with Crippen LogP contribution in [0.2, 0.25) is 0 Å². The number of aromatic nitrogens is 3. The number of hydrogen-bond acceptors (Lipinski definition) is 4. The third-order valence-corrected chi connectivity index (χ3v) is 4.59. The van der Waals surface area contributed by atoms with E-state index < -0.39 is 0 Å². The van der Waals surface area contributed by atoms with E-state index in [-0.39, 0.29) is 24.0 Å². The van der Waals surface area contributed by atoms with E-state index in [1.54, 1.807) is 24.7 Å². The van der Waals surface area contributed by atoms with Crippen LogP contribution >= 0.6 is 35.3 Å². The molecular formula is C15H25IN6S. The molecule has 0 amide bonds. The largest absolute Gasteiger partial charge is 0.356 e. The Bertz CT molecular complexity index is 581. The average molecular weight is 448 g/mol. The maximum absolute atomic E-state index is 4.26. The van der Waals surface area contributed by atoms with E-state index in [1.807, 2.05) is 0 Å². The molecule has 0 saturated heterocycles. The lowest BCUT2D eigenvalue weighted by Crippen LogP contribution is -2.40. The minimum absolute atomic E-state index is 0. The number of aliphatic imine (C=N–C) groups is 1. The molecule has 2 rings (SSSR count). The van der Waals surface area contributed by atoms with Crippen LogP contribution in [-0.4, -0.2) is 40.9 Å². The molecule has 0 spiro atoms. The highest BCUT2D eigenvalue weighted by molar-refractivity contribution is 14.0. The third kappa shape index (κ3) is 6.09. The van der Waals surface area contributed by atoms with E-state index in [4.69, 9.17) is 0 Å². The van der Waals surface area contributed by atoms with E-state index in [2.05, 4.69) is 61.8 Å². The van der Waals surface area contributed by atoms with Gasteiger partial charge in [0.25, 0.3) is 0 Å². The van der Waals surface area contributed by atoms with Crippen molar-refractivity contribution in [2.75, 3.05) is 20.1 Å². The summed E-state index contributed by atoms with van der Waals surface area (Å²) in [6, 6.07) is 4.26. The van der Waals surface area contributed by atoms with Crippen molar-refractivity contribution in [3.05, 3.63) is 34.5 Å². The summed E-state index contributed by atoms with van der Waals surface area (Å²) in [5, 5.41) is 16.8. The van der Waals surface area contributed by atoms with Gasteiger partial charge in [0.15, 0.2) is 5.96 Å². The summed E-state index contributed by atoms with van der Waals surface area (Å²) in [5.74, 6) is 2.31. The zero-order chi connectivity index (χ0) is 15.8. The van der Waals surface area contributed by atoms with Gasteiger partial charge in [0.05, 0.1) is 0 Å². The summed E-state index contributed by atoms with van der Waals surface area (Å²) < 4.78 is 2.06. The van der Waals surface area contributed by atoms with Crippen LogP contribution in [0.3, 0.4) is 0 Å². The Morgan fingerprint density at radius 2 is 2.26 bits per heavy atom. The zero-order valence-corrected chi connectivity index (χ0v) is 17.0. The predicted molar refractivity (Wildman–Crippen MR) is 107 cm³/mol. The van der Waals surface area contributed by atoms with Gasteiger partial charge in [0.1, 0.15) is 12.2 Å². The Morgan fingerprint density at radius 3 is 2.91 bits per heavy atom. The Kier molecular flexibility index (Phi) is 9.15. The van der Waals surface area contributed by atoms with Gasteiger partial charge in [-0.15, -0.1) is 45.5 Å². The van der Waals surface area contributed by atoms with Crippen molar-refractivity contribution in [1.29, 1.82) is 0 Å². The van der Waals surface area contributed by atoms with E-state index in [9.17, 15) is 0 Å².